The SMILES string of the molecule is CCC[C@H](N)C1SCCSC1CC. The maximum Gasteiger partial charge on any atom is 0.0317 e. The average Bonchev–Trinajstić information content (AvgIpc) is 2.18. The first-order chi connectivity index (χ1) is 6.29. The predicted octanol–water partition coefficient (Wildman–Crippen LogP) is 2.74. The Kier molecular flexibility index (Phi) is 5.60. The molecule has 0 spiro atoms. The second-order valence-corrected chi connectivity index (χ2v) is 6.24. The maximum atomic E-state index is 6.19. The van der Waals surface area contributed by atoms with Crippen LogP contribution in [0.3, 0.4) is 0 Å². The molecular weight excluding hydrogens is 198 g/mol. The summed E-state index contributed by atoms with van der Waals surface area (Å²) >= 11 is 4.22. The molecule has 0 aromatic heterocycles. The molecule has 1 saturated heterocycles. The van der Waals surface area contributed by atoms with Crippen LogP contribution >= 0.6 is 23.5 Å². The van der Waals surface area contributed by atoms with E-state index in [1.54, 1.807) is 0 Å². The van der Waals surface area contributed by atoms with E-state index in [9.17, 15) is 0 Å². The highest BCUT2D eigenvalue weighted by molar-refractivity contribution is 8.07. The Hall–Kier alpha value is 0.660. The fourth-order valence-electron chi connectivity index (χ4n) is 1.83. The Bertz CT molecular complexity index is 141. The van der Waals surface area contributed by atoms with Gasteiger partial charge in [-0.15, -0.1) is 0 Å². The van der Waals surface area contributed by atoms with Gasteiger partial charge in [0.05, 0.1) is 0 Å². The third kappa shape index (κ3) is 3.37. The van der Waals surface area contributed by atoms with E-state index in [1.165, 1.54) is 30.8 Å². The lowest BCUT2D eigenvalue weighted by Gasteiger charge is -2.34. The number of hydrogen-bond acceptors (Lipinski definition) is 3. The zero-order chi connectivity index (χ0) is 9.68. The van der Waals surface area contributed by atoms with Crippen LogP contribution < -0.4 is 5.73 Å². The molecule has 2 N–H and O–H groups in total. The van der Waals surface area contributed by atoms with Crippen LogP contribution in [0.1, 0.15) is 33.1 Å². The van der Waals surface area contributed by atoms with Crippen molar-refractivity contribution in [2.24, 2.45) is 5.73 Å². The number of hydrogen-bond donors (Lipinski definition) is 1. The lowest BCUT2D eigenvalue weighted by molar-refractivity contribution is 0.555. The zero-order valence-electron chi connectivity index (χ0n) is 8.66. The number of rotatable bonds is 4. The molecule has 1 aliphatic rings. The minimum absolute atomic E-state index is 0.424. The Morgan fingerprint density at radius 3 is 2.62 bits per heavy atom. The van der Waals surface area contributed by atoms with Gasteiger partial charge in [0.25, 0.3) is 0 Å². The van der Waals surface area contributed by atoms with E-state index in [4.69, 9.17) is 5.73 Å². The van der Waals surface area contributed by atoms with Crippen LogP contribution in [0.2, 0.25) is 0 Å². The molecule has 1 aliphatic heterocycles. The van der Waals surface area contributed by atoms with Gasteiger partial charge in [-0.05, 0) is 12.8 Å². The lowest BCUT2D eigenvalue weighted by atomic mass is 10.1. The lowest BCUT2D eigenvalue weighted by Crippen LogP contribution is -2.41. The minimum Gasteiger partial charge on any atom is -0.327 e. The normalized spacial score (nSPS) is 31.6. The van der Waals surface area contributed by atoms with Crippen LogP contribution in [0.5, 0.6) is 0 Å². The summed E-state index contributed by atoms with van der Waals surface area (Å²) in [6, 6.07) is 0.424. The zero-order valence-corrected chi connectivity index (χ0v) is 10.3. The van der Waals surface area contributed by atoms with Gasteiger partial charge in [-0.1, -0.05) is 20.3 Å². The molecule has 0 aliphatic carbocycles. The second-order valence-electron chi connectivity index (χ2n) is 3.61. The van der Waals surface area contributed by atoms with Gasteiger partial charge in [0.2, 0.25) is 0 Å². The first kappa shape index (κ1) is 11.7. The summed E-state index contributed by atoms with van der Waals surface area (Å²) < 4.78 is 0. The molecule has 13 heavy (non-hydrogen) atoms. The summed E-state index contributed by atoms with van der Waals surface area (Å²) in [6.45, 7) is 4.51. The summed E-state index contributed by atoms with van der Waals surface area (Å²) in [5, 5.41) is 1.52. The summed E-state index contributed by atoms with van der Waals surface area (Å²) in [6.07, 6.45) is 3.69. The Balaban J connectivity index is 2.43. The summed E-state index contributed by atoms with van der Waals surface area (Å²) in [7, 11) is 0. The van der Waals surface area contributed by atoms with Crippen molar-refractivity contribution in [1.82, 2.24) is 0 Å². The van der Waals surface area contributed by atoms with E-state index in [2.05, 4.69) is 37.4 Å². The molecule has 1 rings (SSSR count). The van der Waals surface area contributed by atoms with Crippen molar-refractivity contribution in [3.8, 4) is 0 Å². The van der Waals surface area contributed by atoms with E-state index in [1.807, 2.05) is 0 Å². The summed E-state index contributed by atoms with van der Waals surface area (Å²) in [5.74, 6) is 2.61. The molecule has 0 radical (unpaired) electrons. The maximum absolute atomic E-state index is 6.19. The molecule has 78 valence electrons. The van der Waals surface area contributed by atoms with Gasteiger partial charge in [0.15, 0.2) is 0 Å². The fourth-order valence-corrected chi connectivity index (χ4v) is 5.07. The van der Waals surface area contributed by atoms with Crippen molar-refractivity contribution in [2.45, 2.75) is 49.7 Å². The molecule has 1 heterocycles. The van der Waals surface area contributed by atoms with Crippen molar-refractivity contribution in [3.05, 3.63) is 0 Å². The second kappa shape index (κ2) is 6.20. The van der Waals surface area contributed by atoms with E-state index in [0.717, 1.165) is 5.25 Å². The molecule has 0 aromatic carbocycles. The van der Waals surface area contributed by atoms with E-state index in [0.29, 0.717) is 11.3 Å². The monoisotopic (exact) mass is 219 g/mol. The van der Waals surface area contributed by atoms with Gasteiger partial charge in [0.1, 0.15) is 0 Å². The van der Waals surface area contributed by atoms with Crippen molar-refractivity contribution in [2.75, 3.05) is 11.5 Å². The first-order valence-corrected chi connectivity index (χ1v) is 7.38. The third-order valence-electron chi connectivity index (χ3n) is 2.54. The van der Waals surface area contributed by atoms with Crippen molar-refractivity contribution >= 4 is 23.5 Å². The minimum atomic E-state index is 0.424. The quantitative estimate of drug-likeness (QED) is 0.787. The third-order valence-corrected chi connectivity index (χ3v) is 5.97. The van der Waals surface area contributed by atoms with Gasteiger partial charge in [-0.2, -0.15) is 23.5 Å². The van der Waals surface area contributed by atoms with E-state index in [-0.39, 0.29) is 0 Å². The highest BCUT2D eigenvalue weighted by Gasteiger charge is 2.29. The smallest absolute Gasteiger partial charge is 0.0317 e. The number of nitrogens with two attached hydrogens (primary N) is 1. The Labute approximate surface area is 90.6 Å². The Morgan fingerprint density at radius 1 is 1.31 bits per heavy atom. The van der Waals surface area contributed by atoms with Crippen molar-refractivity contribution in [1.29, 1.82) is 0 Å². The molecule has 0 aromatic rings. The van der Waals surface area contributed by atoms with Crippen LogP contribution in [0, 0.1) is 0 Å². The standard InChI is InChI=1S/C10H21NS2/c1-3-5-8(11)10-9(4-2)12-6-7-13-10/h8-10H,3-7,11H2,1-2H3/t8-,9?,10?/m0/s1. The molecular formula is C10H21NS2. The largest absolute Gasteiger partial charge is 0.327 e. The van der Waals surface area contributed by atoms with Crippen molar-refractivity contribution < 1.29 is 0 Å². The van der Waals surface area contributed by atoms with Gasteiger partial charge in [-0.25, -0.2) is 0 Å². The van der Waals surface area contributed by atoms with Gasteiger partial charge in [0, 0.05) is 28.0 Å². The van der Waals surface area contributed by atoms with E-state index >= 15 is 0 Å². The van der Waals surface area contributed by atoms with Gasteiger partial charge in [-0.3, -0.25) is 0 Å². The Morgan fingerprint density at radius 2 is 2.00 bits per heavy atom. The fraction of sp³-hybridized carbons (Fsp3) is 1.00. The van der Waals surface area contributed by atoms with Crippen LogP contribution in [-0.4, -0.2) is 28.0 Å². The molecule has 2 unspecified atom stereocenters. The molecule has 1 fully saturated rings. The van der Waals surface area contributed by atoms with Crippen LogP contribution in [0.15, 0.2) is 0 Å². The highest BCUT2D eigenvalue weighted by Crippen LogP contribution is 2.35. The molecule has 1 nitrogen and oxygen atoms in total. The summed E-state index contributed by atoms with van der Waals surface area (Å²) in [4.78, 5) is 0. The molecule has 0 amide bonds. The predicted molar refractivity (Wildman–Crippen MR) is 65.7 cm³/mol. The first-order valence-electron chi connectivity index (χ1n) is 5.28. The van der Waals surface area contributed by atoms with Crippen LogP contribution in [0.25, 0.3) is 0 Å². The van der Waals surface area contributed by atoms with Gasteiger partial charge >= 0.3 is 0 Å². The highest BCUT2D eigenvalue weighted by atomic mass is 32.2. The topological polar surface area (TPSA) is 26.0 Å². The molecule has 3 atom stereocenters. The molecule has 3 heteroatoms. The van der Waals surface area contributed by atoms with Crippen LogP contribution in [-0.2, 0) is 0 Å². The van der Waals surface area contributed by atoms with Crippen molar-refractivity contribution in [3.63, 3.8) is 0 Å². The average molecular weight is 219 g/mol. The van der Waals surface area contributed by atoms with Gasteiger partial charge < -0.3 is 5.73 Å². The number of thioether (sulfide) groups is 2. The molecule has 0 bridgehead atoms. The van der Waals surface area contributed by atoms with E-state index < -0.39 is 0 Å². The molecule has 0 saturated carbocycles. The van der Waals surface area contributed by atoms with Crippen LogP contribution in [0.4, 0.5) is 0 Å². The summed E-state index contributed by atoms with van der Waals surface area (Å²) in [5.41, 5.74) is 6.19.